The van der Waals surface area contributed by atoms with Gasteiger partial charge in [0.1, 0.15) is 5.52 Å². The fourth-order valence-corrected chi connectivity index (χ4v) is 6.39. The molecule has 5 heteroatoms. The van der Waals surface area contributed by atoms with Gasteiger partial charge in [-0.25, -0.2) is 24.9 Å². The Balaban J connectivity index is 1.17. The fourth-order valence-electron chi connectivity index (χ4n) is 6.39. The molecule has 0 aliphatic heterocycles. The van der Waals surface area contributed by atoms with E-state index in [-0.39, 0.29) is 0 Å². The predicted molar refractivity (Wildman–Crippen MR) is 203 cm³/mol. The molecule has 0 saturated heterocycles. The van der Waals surface area contributed by atoms with E-state index in [0.717, 1.165) is 83.7 Å². The lowest BCUT2D eigenvalue weighted by Gasteiger charge is -2.16. The van der Waals surface area contributed by atoms with E-state index in [1.165, 1.54) is 0 Å². The predicted octanol–water partition coefficient (Wildman–Crippen LogP) is 11.0. The molecular weight excluding hydrogens is 611 g/mol. The Morgan fingerprint density at radius 2 is 0.680 bits per heavy atom. The van der Waals surface area contributed by atoms with Gasteiger partial charge in [-0.3, -0.25) is 0 Å². The maximum atomic E-state index is 5.37. The molecule has 0 saturated carbocycles. The summed E-state index contributed by atoms with van der Waals surface area (Å²) in [6.07, 6.45) is 1.88. The molecule has 234 valence electrons. The molecule has 0 unspecified atom stereocenters. The van der Waals surface area contributed by atoms with Crippen molar-refractivity contribution in [3.63, 3.8) is 0 Å². The van der Waals surface area contributed by atoms with Crippen LogP contribution in [0.4, 0.5) is 0 Å². The number of rotatable bonds is 6. The van der Waals surface area contributed by atoms with Crippen molar-refractivity contribution in [2.24, 2.45) is 0 Å². The lowest BCUT2D eigenvalue weighted by atomic mass is 9.99. The van der Waals surface area contributed by atoms with Gasteiger partial charge in [-0.1, -0.05) is 164 Å². The van der Waals surface area contributed by atoms with Gasteiger partial charge in [0.2, 0.25) is 0 Å². The lowest BCUT2D eigenvalue weighted by Crippen LogP contribution is -2.01. The van der Waals surface area contributed by atoms with Gasteiger partial charge >= 0.3 is 0 Å². The third kappa shape index (κ3) is 5.47. The van der Waals surface area contributed by atoms with Gasteiger partial charge in [-0.05, 0) is 6.07 Å². The summed E-state index contributed by atoms with van der Waals surface area (Å²) in [6, 6.07) is 57.7. The van der Waals surface area contributed by atoms with E-state index in [9.17, 15) is 0 Å². The first-order valence-electron chi connectivity index (χ1n) is 16.6. The highest BCUT2D eigenvalue weighted by Gasteiger charge is 2.19. The van der Waals surface area contributed by atoms with Gasteiger partial charge in [0.15, 0.2) is 5.82 Å². The number of hydrogen-bond donors (Lipinski definition) is 0. The van der Waals surface area contributed by atoms with Crippen LogP contribution < -0.4 is 0 Å². The summed E-state index contributed by atoms with van der Waals surface area (Å²) in [5.74, 6) is 0.641. The molecule has 9 rings (SSSR count). The first kappa shape index (κ1) is 29.3. The van der Waals surface area contributed by atoms with Crippen LogP contribution in [0, 0.1) is 0 Å². The van der Waals surface area contributed by atoms with Gasteiger partial charge in [-0.15, -0.1) is 0 Å². The second-order valence-corrected chi connectivity index (χ2v) is 12.1. The molecule has 3 aromatic heterocycles. The molecule has 3 heterocycles. The zero-order valence-corrected chi connectivity index (χ0v) is 27.0. The SMILES string of the molecule is c1ccc(-c2ccc3ccc4cnc(-c5ccc(-c6nc(-c7ccccc7)c(-c7ccccc7)nc6-c6ccccc6)cc5)nc4c3n2)cc1. The number of benzene rings is 6. The molecule has 0 N–H and O–H groups in total. The van der Waals surface area contributed by atoms with Crippen LogP contribution in [0.5, 0.6) is 0 Å². The van der Waals surface area contributed by atoms with Crippen molar-refractivity contribution in [3.8, 4) is 67.7 Å². The van der Waals surface area contributed by atoms with Gasteiger partial charge in [-0.2, -0.15) is 0 Å². The van der Waals surface area contributed by atoms with Crippen molar-refractivity contribution in [3.05, 3.63) is 176 Å². The van der Waals surface area contributed by atoms with Crippen LogP contribution in [0.2, 0.25) is 0 Å². The molecule has 5 nitrogen and oxygen atoms in total. The van der Waals surface area contributed by atoms with Crippen molar-refractivity contribution in [1.82, 2.24) is 24.9 Å². The molecule has 50 heavy (non-hydrogen) atoms. The third-order valence-electron chi connectivity index (χ3n) is 8.93. The largest absolute Gasteiger partial charge is 0.245 e. The summed E-state index contributed by atoms with van der Waals surface area (Å²) in [5, 5.41) is 1.99. The van der Waals surface area contributed by atoms with E-state index in [4.69, 9.17) is 24.9 Å². The highest BCUT2D eigenvalue weighted by molar-refractivity contribution is 6.03. The maximum absolute atomic E-state index is 5.37. The van der Waals surface area contributed by atoms with Crippen molar-refractivity contribution in [2.45, 2.75) is 0 Å². The number of hydrogen-bond acceptors (Lipinski definition) is 5. The number of pyridine rings is 1. The average Bonchev–Trinajstić information content (AvgIpc) is 3.21. The lowest BCUT2D eigenvalue weighted by molar-refractivity contribution is 1.21. The minimum Gasteiger partial charge on any atom is -0.245 e. The highest BCUT2D eigenvalue weighted by atomic mass is 14.9. The molecule has 0 fully saturated rings. The fraction of sp³-hybridized carbons (Fsp3) is 0. The van der Waals surface area contributed by atoms with Crippen LogP contribution >= 0.6 is 0 Å². The summed E-state index contributed by atoms with van der Waals surface area (Å²) in [7, 11) is 0. The van der Waals surface area contributed by atoms with E-state index in [2.05, 4.69) is 97.1 Å². The molecular formula is C45H29N5. The van der Waals surface area contributed by atoms with Crippen molar-refractivity contribution in [1.29, 1.82) is 0 Å². The van der Waals surface area contributed by atoms with Crippen LogP contribution in [0.1, 0.15) is 0 Å². The van der Waals surface area contributed by atoms with Crippen LogP contribution in [-0.2, 0) is 0 Å². The topological polar surface area (TPSA) is 64.5 Å². The summed E-state index contributed by atoms with van der Waals surface area (Å²) in [6.45, 7) is 0. The Morgan fingerprint density at radius 3 is 1.20 bits per heavy atom. The summed E-state index contributed by atoms with van der Waals surface area (Å²) < 4.78 is 0. The number of nitrogens with zero attached hydrogens (tertiary/aromatic N) is 5. The molecule has 0 aliphatic rings. The zero-order valence-electron chi connectivity index (χ0n) is 27.0. The average molecular weight is 640 g/mol. The van der Waals surface area contributed by atoms with E-state index in [1.807, 2.05) is 79.0 Å². The Kier molecular flexibility index (Phi) is 7.41. The monoisotopic (exact) mass is 639 g/mol. The van der Waals surface area contributed by atoms with E-state index < -0.39 is 0 Å². The summed E-state index contributed by atoms with van der Waals surface area (Å²) >= 11 is 0. The minimum atomic E-state index is 0.641. The van der Waals surface area contributed by atoms with Gasteiger partial charge in [0.25, 0.3) is 0 Å². The molecule has 0 atom stereocenters. The molecule has 0 bridgehead atoms. The quantitative estimate of drug-likeness (QED) is 0.169. The van der Waals surface area contributed by atoms with Crippen LogP contribution in [0.3, 0.4) is 0 Å². The smallest absolute Gasteiger partial charge is 0.159 e. The van der Waals surface area contributed by atoms with Gasteiger partial charge in [0.05, 0.1) is 34.0 Å². The second kappa shape index (κ2) is 12.6. The molecule has 0 aliphatic carbocycles. The maximum Gasteiger partial charge on any atom is 0.159 e. The molecule has 6 aromatic carbocycles. The van der Waals surface area contributed by atoms with Crippen LogP contribution in [0.25, 0.3) is 89.5 Å². The normalized spacial score (nSPS) is 11.2. The first-order valence-corrected chi connectivity index (χ1v) is 16.6. The Hall–Kier alpha value is -6.85. The standard InChI is InChI=1S/C45H29N5/c1-5-13-30(14-6-1)38-28-27-35-23-26-37-29-46-45(50-44(37)39(35)47-38)36-24-21-34(22-25-36)43-42(33-19-11-4-12-20-33)48-40(31-15-7-2-8-16-31)41(49-43)32-17-9-3-10-18-32/h1-29H. The zero-order chi connectivity index (χ0) is 33.3. The van der Waals surface area contributed by atoms with Crippen molar-refractivity contribution in [2.75, 3.05) is 0 Å². The summed E-state index contributed by atoms with van der Waals surface area (Å²) in [4.78, 5) is 25.6. The van der Waals surface area contributed by atoms with Crippen molar-refractivity contribution >= 4 is 21.8 Å². The molecule has 9 aromatic rings. The molecule has 0 amide bonds. The Labute approximate surface area is 289 Å². The molecule has 0 radical (unpaired) electrons. The number of aromatic nitrogens is 5. The van der Waals surface area contributed by atoms with Crippen LogP contribution in [-0.4, -0.2) is 24.9 Å². The minimum absolute atomic E-state index is 0.641. The Bertz CT molecular complexity index is 2610. The van der Waals surface area contributed by atoms with E-state index in [1.54, 1.807) is 0 Å². The van der Waals surface area contributed by atoms with E-state index in [0.29, 0.717) is 5.82 Å². The number of fused-ring (bicyclic) bond motifs is 3. The van der Waals surface area contributed by atoms with E-state index >= 15 is 0 Å². The van der Waals surface area contributed by atoms with Gasteiger partial charge < -0.3 is 0 Å². The van der Waals surface area contributed by atoms with Crippen LogP contribution in [0.15, 0.2) is 176 Å². The van der Waals surface area contributed by atoms with Crippen molar-refractivity contribution < 1.29 is 0 Å². The Morgan fingerprint density at radius 1 is 0.280 bits per heavy atom. The molecule has 0 spiro atoms. The third-order valence-corrected chi connectivity index (χ3v) is 8.93. The second-order valence-electron chi connectivity index (χ2n) is 12.1. The highest BCUT2D eigenvalue weighted by Crippen LogP contribution is 2.37. The summed E-state index contributed by atoms with van der Waals surface area (Å²) in [5.41, 5.74) is 11.9. The van der Waals surface area contributed by atoms with Gasteiger partial charge in [0, 0.05) is 50.4 Å². The first-order chi connectivity index (χ1) is 24.8.